The van der Waals surface area contributed by atoms with Gasteiger partial charge in [-0.2, -0.15) is 0 Å². The van der Waals surface area contributed by atoms with E-state index in [-0.39, 0.29) is 23.7 Å². The van der Waals surface area contributed by atoms with Gasteiger partial charge in [0.15, 0.2) is 0 Å². The molecule has 4 N–H and O–H groups in total. The third-order valence-corrected chi connectivity index (χ3v) is 9.06. The number of esters is 1. The number of aromatic amines is 3. The van der Waals surface area contributed by atoms with Crippen molar-refractivity contribution < 1.29 is 19.2 Å². The number of nitrogens with zero attached hydrogens (tertiary/aromatic N) is 2. The van der Waals surface area contributed by atoms with Crippen molar-refractivity contribution in [1.82, 2.24) is 25.3 Å². The molecular formula is C42H52N6O6. The van der Waals surface area contributed by atoms with E-state index < -0.39 is 28.9 Å². The molecule has 4 aromatic rings. The Kier molecular flexibility index (Phi) is 14.0. The maximum Gasteiger partial charge on any atom is 0.351 e. The Morgan fingerprint density at radius 2 is 1.50 bits per heavy atom. The molecule has 286 valence electrons. The summed E-state index contributed by atoms with van der Waals surface area (Å²) in [5.41, 5.74) is 3.37. The quantitative estimate of drug-likeness (QED) is 0.0461. The first-order valence-corrected chi connectivity index (χ1v) is 19.1. The van der Waals surface area contributed by atoms with Crippen LogP contribution in [0.4, 0.5) is 0 Å². The molecule has 1 atom stereocenters. The molecule has 12 heteroatoms. The van der Waals surface area contributed by atoms with E-state index in [2.05, 4.69) is 32.3 Å². The number of benzene rings is 2. The summed E-state index contributed by atoms with van der Waals surface area (Å²) in [5, 5.41) is 7.12. The summed E-state index contributed by atoms with van der Waals surface area (Å²) in [6.07, 6.45) is 16.6. The molecule has 0 fully saturated rings. The Morgan fingerprint density at radius 3 is 2.15 bits per heavy atom. The first-order chi connectivity index (χ1) is 26.0. The van der Waals surface area contributed by atoms with Crippen LogP contribution in [-0.2, 0) is 19.2 Å². The van der Waals surface area contributed by atoms with E-state index in [1.165, 1.54) is 57.6 Å². The number of nitrogens with one attached hydrogen (secondary N) is 4. The summed E-state index contributed by atoms with van der Waals surface area (Å²) in [7, 11) is 0. The number of hydrogen-bond donors (Lipinski definition) is 4. The zero-order valence-corrected chi connectivity index (χ0v) is 31.8. The van der Waals surface area contributed by atoms with Crippen molar-refractivity contribution in [1.29, 1.82) is 0 Å². The highest BCUT2D eigenvalue weighted by Crippen LogP contribution is 2.33. The van der Waals surface area contributed by atoms with E-state index in [4.69, 9.17) is 14.6 Å². The second-order valence-electron chi connectivity index (χ2n) is 14.7. The number of aromatic nitrogens is 4. The van der Waals surface area contributed by atoms with Crippen LogP contribution in [0.2, 0.25) is 0 Å². The predicted octanol–water partition coefficient (Wildman–Crippen LogP) is 7.67. The van der Waals surface area contributed by atoms with Crippen LogP contribution in [0.15, 0.2) is 75.5 Å². The Labute approximate surface area is 315 Å². The number of hydrogen-bond acceptors (Lipinski definition) is 8. The molecule has 5 rings (SSSR count). The number of unbranched alkanes of at least 4 members (excludes halogenated alkanes) is 9. The molecular weight excluding hydrogens is 684 g/mol. The molecule has 1 aliphatic rings. The highest BCUT2D eigenvalue weighted by Gasteiger charge is 2.33. The van der Waals surface area contributed by atoms with E-state index >= 15 is 0 Å². The second kappa shape index (κ2) is 19.0. The van der Waals surface area contributed by atoms with E-state index in [1.54, 1.807) is 32.9 Å². The number of amides is 1. The number of rotatable bonds is 18. The van der Waals surface area contributed by atoms with Crippen molar-refractivity contribution in [2.45, 2.75) is 110 Å². The van der Waals surface area contributed by atoms with Gasteiger partial charge in [-0.1, -0.05) is 118 Å². The molecule has 0 bridgehead atoms. The van der Waals surface area contributed by atoms with Gasteiger partial charge in [0.2, 0.25) is 12.0 Å². The highest BCUT2D eigenvalue weighted by atomic mass is 16.7. The highest BCUT2D eigenvalue weighted by molar-refractivity contribution is 6.04. The number of H-pyrrole nitrogens is 3. The van der Waals surface area contributed by atoms with Crippen molar-refractivity contribution in [3.63, 3.8) is 0 Å². The van der Waals surface area contributed by atoms with E-state index in [1.807, 2.05) is 48.5 Å². The van der Waals surface area contributed by atoms with Gasteiger partial charge in [-0.05, 0) is 44.4 Å². The molecule has 1 aliphatic heterocycles. The largest absolute Gasteiger partial charge is 0.457 e. The van der Waals surface area contributed by atoms with Gasteiger partial charge in [0, 0.05) is 36.4 Å². The van der Waals surface area contributed by atoms with Crippen LogP contribution in [-0.4, -0.2) is 55.8 Å². The summed E-state index contributed by atoms with van der Waals surface area (Å²) in [6.45, 7) is 8.31. The van der Waals surface area contributed by atoms with Crippen LogP contribution in [0.1, 0.15) is 109 Å². The lowest BCUT2D eigenvalue weighted by atomic mass is 10.00. The van der Waals surface area contributed by atoms with Gasteiger partial charge < -0.3 is 24.9 Å². The Morgan fingerprint density at radius 1 is 0.870 bits per heavy atom. The number of ether oxygens (including phenoxy) is 1. The van der Waals surface area contributed by atoms with Crippen molar-refractivity contribution in [3.05, 3.63) is 92.8 Å². The molecule has 0 saturated heterocycles. The molecule has 2 aromatic carbocycles. The van der Waals surface area contributed by atoms with Crippen molar-refractivity contribution >= 4 is 23.7 Å². The van der Waals surface area contributed by atoms with Crippen LogP contribution < -0.4 is 16.6 Å². The monoisotopic (exact) mass is 736 g/mol. The van der Waals surface area contributed by atoms with Crippen molar-refractivity contribution in [3.8, 4) is 33.9 Å². The molecule has 1 amide bonds. The number of carbonyl (C=O) groups excluding carboxylic acids is 2. The third kappa shape index (κ3) is 11.5. The maximum atomic E-state index is 12.7. The Hall–Kier alpha value is -5.52. The average molecular weight is 737 g/mol. The fourth-order valence-corrected chi connectivity index (χ4v) is 6.18. The fourth-order valence-electron chi connectivity index (χ4n) is 6.18. The predicted molar refractivity (Wildman–Crippen MR) is 212 cm³/mol. The summed E-state index contributed by atoms with van der Waals surface area (Å²) in [5.74, 6) is -0.313. The van der Waals surface area contributed by atoms with Gasteiger partial charge in [-0.3, -0.25) is 14.6 Å². The van der Waals surface area contributed by atoms with Gasteiger partial charge in [0.1, 0.15) is 11.4 Å². The first-order valence-electron chi connectivity index (χ1n) is 19.1. The minimum Gasteiger partial charge on any atom is -0.457 e. The Balaban J connectivity index is 1.23. The lowest BCUT2D eigenvalue weighted by Gasteiger charge is -2.20. The SMILES string of the molecule is CCCCCCCCCCCCNC(=O)C=Cc1ccc(-c2[nH]c(-c3c[nH]c(=O)[nH]c3=O)nc2-c2ccc(C3=NOC(C(=O)OC(C)(C)C)C3)cc2)cc1. The molecule has 3 heterocycles. The molecule has 0 spiro atoms. The van der Waals surface area contributed by atoms with Gasteiger partial charge in [-0.15, -0.1) is 0 Å². The Bertz CT molecular complexity index is 2030. The van der Waals surface area contributed by atoms with Crippen LogP contribution in [0.25, 0.3) is 40.0 Å². The van der Waals surface area contributed by atoms with E-state index in [9.17, 15) is 19.2 Å². The van der Waals surface area contributed by atoms with Crippen molar-refractivity contribution in [2.24, 2.45) is 5.16 Å². The number of imidazole rings is 1. The minimum atomic E-state index is -0.809. The first kappa shape index (κ1) is 39.7. The zero-order chi connectivity index (χ0) is 38.5. The topological polar surface area (TPSA) is 171 Å². The number of oxime groups is 1. The van der Waals surface area contributed by atoms with Gasteiger partial charge >= 0.3 is 11.7 Å². The standard InChI is InChI=1S/C42H52N6O6/c1-5-6-7-8-9-10-11-12-13-14-25-43-35(49)24-17-28-15-18-30(19-16-28)36-37(46-38(45-36)32-27-44-41(52)47-39(32)50)31-22-20-29(21-23-31)33-26-34(54-48-33)40(51)53-42(2,3)4/h15-24,27,34H,5-14,25-26H2,1-4H3,(H,43,49)(H,45,46)(H2,44,47,50,52). The molecule has 12 nitrogen and oxygen atoms in total. The van der Waals surface area contributed by atoms with Crippen LogP contribution in [0.5, 0.6) is 0 Å². The molecule has 2 aromatic heterocycles. The molecule has 54 heavy (non-hydrogen) atoms. The normalized spacial score (nSPS) is 14.2. The summed E-state index contributed by atoms with van der Waals surface area (Å²) in [4.78, 5) is 67.6. The molecule has 0 saturated carbocycles. The average Bonchev–Trinajstić information content (AvgIpc) is 3.82. The zero-order valence-electron chi connectivity index (χ0n) is 31.8. The molecule has 0 aliphatic carbocycles. The lowest BCUT2D eigenvalue weighted by Crippen LogP contribution is -2.32. The summed E-state index contributed by atoms with van der Waals surface area (Å²) in [6, 6.07) is 15.1. The van der Waals surface area contributed by atoms with Crippen LogP contribution >= 0.6 is 0 Å². The van der Waals surface area contributed by atoms with Gasteiger partial charge in [0.05, 0.1) is 22.7 Å². The minimum absolute atomic E-state index is 0.124. The smallest absolute Gasteiger partial charge is 0.351 e. The fraction of sp³-hybridized carbons (Fsp3) is 0.429. The van der Waals surface area contributed by atoms with E-state index in [0.717, 1.165) is 35.1 Å². The third-order valence-electron chi connectivity index (χ3n) is 9.06. The molecule has 1 unspecified atom stereocenters. The summed E-state index contributed by atoms with van der Waals surface area (Å²) < 4.78 is 5.45. The van der Waals surface area contributed by atoms with Crippen LogP contribution in [0.3, 0.4) is 0 Å². The van der Waals surface area contributed by atoms with E-state index in [0.29, 0.717) is 23.6 Å². The molecule has 0 radical (unpaired) electrons. The van der Waals surface area contributed by atoms with Crippen LogP contribution in [0, 0.1) is 0 Å². The maximum absolute atomic E-state index is 12.7. The van der Waals surface area contributed by atoms with Gasteiger partial charge in [-0.25, -0.2) is 14.6 Å². The summed E-state index contributed by atoms with van der Waals surface area (Å²) >= 11 is 0. The van der Waals surface area contributed by atoms with Crippen molar-refractivity contribution in [2.75, 3.05) is 6.54 Å². The lowest BCUT2D eigenvalue weighted by molar-refractivity contribution is -0.166. The van der Waals surface area contributed by atoms with Gasteiger partial charge in [0.25, 0.3) is 5.56 Å². The second-order valence-corrected chi connectivity index (χ2v) is 14.7. The number of carbonyl (C=O) groups is 2.